The lowest BCUT2D eigenvalue weighted by molar-refractivity contribution is -0.137. The van der Waals surface area contributed by atoms with Gasteiger partial charge in [-0.15, -0.1) is 0 Å². The molecule has 1 atom stereocenters. The van der Waals surface area contributed by atoms with Crippen LogP contribution in [0.3, 0.4) is 0 Å². The Bertz CT molecular complexity index is 231. The molecular formula is C18H35FO2. The maximum Gasteiger partial charge on any atom is 0.303 e. The third-order valence-electron chi connectivity index (χ3n) is 4.03. The van der Waals surface area contributed by atoms with Gasteiger partial charge in [-0.05, 0) is 19.3 Å². The first kappa shape index (κ1) is 20.4. The lowest BCUT2D eigenvalue weighted by Gasteiger charge is -2.07. The van der Waals surface area contributed by atoms with Crippen LogP contribution in [0.2, 0.25) is 0 Å². The van der Waals surface area contributed by atoms with Gasteiger partial charge in [0.25, 0.3) is 0 Å². The van der Waals surface area contributed by atoms with Crippen molar-refractivity contribution in [1.29, 1.82) is 0 Å². The van der Waals surface area contributed by atoms with Crippen LogP contribution in [-0.4, -0.2) is 17.2 Å². The normalized spacial score (nSPS) is 12.5. The van der Waals surface area contributed by atoms with Crippen molar-refractivity contribution in [3.63, 3.8) is 0 Å². The summed E-state index contributed by atoms with van der Waals surface area (Å²) in [5.74, 6) is -0.689. The number of rotatable bonds is 16. The van der Waals surface area contributed by atoms with Gasteiger partial charge in [-0.3, -0.25) is 4.79 Å². The maximum absolute atomic E-state index is 13.6. The summed E-state index contributed by atoms with van der Waals surface area (Å²) in [6.07, 6.45) is 14.6. The monoisotopic (exact) mass is 302 g/mol. The SMILES string of the molecule is CCCCCCC(F)CCCCCCCCCCC(=O)O. The molecule has 21 heavy (non-hydrogen) atoms. The Kier molecular flexibility index (Phi) is 15.3. The highest BCUT2D eigenvalue weighted by atomic mass is 19.1. The zero-order chi connectivity index (χ0) is 15.8. The van der Waals surface area contributed by atoms with E-state index in [1.807, 2.05) is 0 Å². The van der Waals surface area contributed by atoms with Crippen LogP contribution in [0.5, 0.6) is 0 Å². The van der Waals surface area contributed by atoms with Crippen molar-refractivity contribution in [2.45, 2.75) is 109 Å². The fourth-order valence-corrected chi connectivity index (χ4v) is 2.64. The minimum Gasteiger partial charge on any atom is -0.481 e. The topological polar surface area (TPSA) is 37.3 Å². The Morgan fingerprint density at radius 3 is 1.71 bits per heavy atom. The van der Waals surface area contributed by atoms with Gasteiger partial charge in [0.15, 0.2) is 0 Å². The summed E-state index contributed by atoms with van der Waals surface area (Å²) in [5, 5.41) is 8.51. The van der Waals surface area contributed by atoms with Gasteiger partial charge in [-0.25, -0.2) is 4.39 Å². The molecule has 3 heteroatoms. The molecule has 0 spiro atoms. The number of hydrogen-bond donors (Lipinski definition) is 1. The molecule has 0 aliphatic carbocycles. The highest BCUT2D eigenvalue weighted by Gasteiger charge is 2.05. The largest absolute Gasteiger partial charge is 0.481 e. The van der Waals surface area contributed by atoms with E-state index in [1.54, 1.807) is 0 Å². The maximum atomic E-state index is 13.6. The summed E-state index contributed by atoms with van der Waals surface area (Å²) in [4.78, 5) is 10.3. The standard InChI is InChI=1S/C18H35FO2/c1-2-3-4-11-14-17(19)15-12-9-7-5-6-8-10-13-16-18(20)21/h17H,2-16H2,1H3,(H,20,21). The van der Waals surface area contributed by atoms with Gasteiger partial charge in [-0.1, -0.05) is 77.6 Å². The molecule has 126 valence electrons. The predicted molar refractivity (Wildman–Crippen MR) is 87.5 cm³/mol. The summed E-state index contributed by atoms with van der Waals surface area (Å²) in [7, 11) is 0. The van der Waals surface area contributed by atoms with Crippen LogP contribution < -0.4 is 0 Å². The summed E-state index contributed by atoms with van der Waals surface area (Å²) in [5.41, 5.74) is 0. The Hall–Kier alpha value is -0.600. The second-order valence-corrected chi connectivity index (χ2v) is 6.21. The zero-order valence-corrected chi connectivity index (χ0v) is 13.9. The molecule has 0 aromatic rings. The molecule has 0 aliphatic heterocycles. The van der Waals surface area contributed by atoms with Gasteiger partial charge >= 0.3 is 5.97 Å². The minimum absolute atomic E-state index is 0.302. The Balaban J connectivity index is 3.12. The fourth-order valence-electron chi connectivity index (χ4n) is 2.64. The van der Waals surface area contributed by atoms with Gasteiger partial charge in [0.2, 0.25) is 0 Å². The molecule has 0 bridgehead atoms. The number of hydrogen-bond acceptors (Lipinski definition) is 1. The van der Waals surface area contributed by atoms with Crippen molar-refractivity contribution in [3.8, 4) is 0 Å². The van der Waals surface area contributed by atoms with Gasteiger partial charge < -0.3 is 5.11 Å². The van der Waals surface area contributed by atoms with Crippen LogP contribution in [0.15, 0.2) is 0 Å². The van der Waals surface area contributed by atoms with E-state index in [0.717, 1.165) is 51.4 Å². The smallest absolute Gasteiger partial charge is 0.303 e. The summed E-state index contributed by atoms with van der Waals surface area (Å²) < 4.78 is 13.6. The molecule has 0 aromatic heterocycles. The van der Waals surface area contributed by atoms with Crippen molar-refractivity contribution in [1.82, 2.24) is 0 Å². The van der Waals surface area contributed by atoms with Crippen LogP contribution in [0.25, 0.3) is 0 Å². The van der Waals surface area contributed by atoms with Gasteiger partial charge in [0.05, 0.1) is 0 Å². The van der Waals surface area contributed by atoms with E-state index in [4.69, 9.17) is 5.11 Å². The first-order valence-electron chi connectivity index (χ1n) is 9.02. The van der Waals surface area contributed by atoms with Gasteiger partial charge in [0.1, 0.15) is 6.17 Å². The first-order chi connectivity index (χ1) is 10.2. The second kappa shape index (κ2) is 15.8. The van der Waals surface area contributed by atoms with Crippen molar-refractivity contribution < 1.29 is 14.3 Å². The summed E-state index contributed by atoms with van der Waals surface area (Å²) in [6.45, 7) is 2.18. The van der Waals surface area contributed by atoms with Crippen LogP contribution >= 0.6 is 0 Å². The lowest BCUT2D eigenvalue weighted by Crippen LogP contribution is -1.99. The zero-order valence-electron chi connectivity index (χ0n) is 13.9. The van der Waals surface area contributed by atoms with E-state index < -0.39 is 12.1 Å². The molecule has 1 unspecified atom stereocenters. The molecule has 1 N–H and O–H groups in total. The van der Waals surface area contributed by atoms with Crippen LogP contribution in [0.4, 0.5) is 4.39 Å². The number of unbranched alkanes of at least 4 members (excludes halogenated alkanes) is 10. The van der Waals surface area contributed by atoms with Crippen molar-refractivity contribution in [2.24, 2.45) is 0 Å². The third kappa shape index (κ3) is 17.3. The summed E-state index contributed by atoms with van der Waals surface area (Å²) in [6, 6.07) is 0. The quantitative estimate of drug-likeness (QED) is 0.341. The Labute approximate surface area is 130 Å². The van der Waals surface area contributed by atoms with Crippen LogP contribution in [0.1, 0.15) is 103 Å². The van der Waals surface area contributed by atoms with Crippen molar-refractivity contribution in [2.75, 3.05) is 0 Å². The molecule has 2 nitrogen and oxygen atoms in total. The van der Waals surface area contributed by atoms with E-state index in [1.165, 1.54) is 38.5 Å². The number of aliphatic carboxylic acids is 1. The van der Waals surface area contributed by atoms with Crippen LogP contribution in [0, 0.1) is 0 Å². The first-order valence-corrected chi connectivity index (χ1v) is 9.02. The molecule has 0 aromatic carbocycles. The Morgan fingerprint density at radius 2 is 1.24 bits per heavy atom. The molecule has 0 saturated carbocycles. The average Bonchev–Trinajstić information content (AvgIpc) is 2.45. The molecule has 0 aliphatic rings. The highest BCUT2D eigenvalue weighted by Crippen LogP contribution is 2.16. The molecular weight excluding hydrogens is 267 g/mol. The molecule has 0 radical (unpaired) electrons. The predicted octanol–water partition coefficient (Wildman–Crippen LogP) is 6.28. The number of carbonyl (C=O) groups is 1. The molecule has 0 rings (SSSR count). The average molecular weight is 302 g/mol. The number of halogens is 1. The summed E-state index contributed by atoms with van der Waals surface area (Å²) >= 11 is 0. The van der Waals surface area contributed by atoms with Crippen molar-refractivity contribution in [3.05, 3.63) is 0 Å². The molecule has 0 heterocycles. The van der Waals surface area contributed by atoms with E-state index >= 15 is 0 Å². The molecule has 0 saturated heterocycles. The Morgan fingerprint density at radius 1 is 0.810 bits per heavy atom. The van der Waals surface area contributed by atoms with E-state index in [2.05, 4.69) is 6.92 Å². The van der Waals surface area contributed by atoms with E-state index in [-0.39, 0.29) is 0 Å². The highest BCUT2D eigenvalue weighted by molar-refractivity contribution is 5.66. The molecule has 0 amide bonds. The fraction of sp³-hybridized carbons (Fsp3) is 0.944. The van der Waals surface area contributed by atoms with Gasteiger partial charge in [-0.2, -0.15) is 0 Å². The van der Waals surface area contributed by atoms with E-state index in [9.17, 15) is 9.18 Å². The minimum atomic E-state index is -0.689. The lowest BCUT2D eigenvalue weighted by atomic mass is 10.0. The number of alkyl halides is 1. The van der Waals surface area contributed by atoms with Gasteiger partial charge in [0, 0.05) is 6.42 Å². The third-order valence-corrected chi connectivity index (χ3v) is 4.03. The van der Waals surface area contributed by atoms with E-state index in [0.29, 0.717) is 6.42 Å². The molecule has 0 fully saturated rings. The number of carboxylic acids is 1. The second-order valence-electron chi connectivity index (χ2n) is 6.21. The van der Waals surface area contributed by atoms with Crippen molar-refractivity contribution >= 4 is 5.97 Å². The van der Waals surface area contributed by atoms with Crippen LogP contribution in [-0.2, 0) is 4.79 Å². The number of carboxylic acid groups (broad SMARTS) is 1.